The van der Waals surface area contributed by atoms with Crippen LogP contribution in [-0.2, 0) is 11.2 Å². The van der Waals surface area contributed by atoms with Gasteiger partial charge in [0.05, 0.1) is 5.69 Å². The number of benzene rings is 1. The second-order valence-electron chi connectivity index (χ2n) is 6.40. The summed E-state index contributed by atoms with van der Waals surface area (Å²) >= 11 is 5.95. The Hall–Kier alpha value is -2.05. The number of aryl methyl sites for hydroxylation is 1. The van der Waals surface area contributed by atoms with E-state index >= 15 is 0 Å². The van der Waals surface area contributed by atoms with Gasteiger partial charge in [-0.25, -0.2) is 0 Å². The van der Waals surface area contributed by atoms with Crippen molar-refractivity contribution in [3.05, 3.63) is 46.8 Å². The van der Waals surface area contributed by atoms with E-state index < -0.39 is 0 Å². The lowest BCUT2D eigenvalue weighted by Crippen LogP contribution is -2.49. The first-order chi connectivity index (χ1) is 12.6. The van der Waals surface area contributed by atoms with Crippen molar-refractivity contribution in [2.75, 3.05) is 39.3 Å². The number of amides is 1. The Labute approximate surface area is 158 Å². The van der Waals surface area contributed by atoms with E-state index in [-0.39, 0.29) is 5.91 Å². The number of ether oxygens (including phenoxy) is 1. The standard InChI is InChI=1S/C19H24ClN3O3/c1-15-17(19(20)26-21-15)7-8-18(24)23-11-9-22(10-12-23)13-14-25-16-5-3-2-4-6-16/h2-6H,7-14H2,1H3. The molecule has 1 aromatic carbocycles. The third-order valence-corrected chi connectivity index (χ3v) is 4.97. The lowest BCUT2D eigenvalue weighted by atomic mass is 10.1. The molecule has 1 saturated heterocycles. The zero-order chi connectivity index (χ0) is 18.4. The van der Waals surface area contributed by atoms with E-state index in [4.69, 9.17) is 20.9 Å². The van der Waals surface area contributed by atoms with Gasteiger partial charge in [-0.2, -0.15) is 0 Å². The monoisotopic (exact) mass is 377 g/mol. The van der Waals surface area contributed by atoms with Gasteiger partial charge in [0.25, 0.3) is 0 Å². The van der Waals surface area contributed by atoms with Gasteiger partial charge in [-0.1, -0.05) is 23.4 Å². The summed E-state index contributed by atoms with van der Waals surface area (Å²) in [6, 6.07) is 9.82. The molecule has 7 heteroatoms. The zero-order valence-electron chi connectivity index (χ0n) is 15.0. The molecule has 0 N–H and O–H groups in total. The summed E-state index contributed by atoms with van der Waals surface area (Å²) in [5, 5.41) is 4.11. The number of nitrogens with zero attached hydrogens (tertiary/aromatic N) is 3. The van der Waals surface area contributed by atoms with Gasteiger partial charge >= 0.3 is 0 Å². The molecule has 1 aromatic heterocycles. The number of carbonyl (C=O) groups excluding carboxylic acids is 1. The summed E-state index contributed by atoms with van der Waals surface area (Å²) < 4.78 is 10.7. The Kier molecular flexibility index (Phi) is 6.52. The highest BCUT2D eigenvalue weighted by Crippen LogP contribution is 2.21. The first-order valence-corrected chi connectivity index (χ1v) is 9.30. The SMILES string of the molecule is Cc1noc(Cl)c1CCC(=O)N1CCN(CCOc2ccccc2)CC1. The third kappa shape index (κ3) is 4.99. The van der Waals surface area contributed by atoms with Crippen LogP contribution in [0.15, 0.2) is 34.9 Å². The first-order valence-electron chi connectivity index (χ1n) is 8.92. The van der Waals surface area contributed by atoms with Gasteiger partial charge in [0.15, 0.2) is 0 Å². The van der Waals surface area contributed by atoms with Gasteiger partial charge in [0.1, 0.15) is 12.4 Å². The van der Waals surface area contributed by atoms with Gasteiger partial charge in [-0.05, 0) is 37.1 Å². The van der Waals surface area contributed by atoms with E-state index in [1.54, 1.807) is 0 Å². The maximum atomic E-state index is 12.4. The number of piperazine rings is 1. The van der Waals surface area contributed by atoms with E-state index in [0.717, 1.165) is 49.7 Å². The fourth-order valence-corrected chi connectivity index (χ4v) is 3.33. The fraction of sp³-hybridized carbons (Fsp3) is 0.474. The van der Waals surface area contributed by atoms with Gasteiger partial charge in [-0.3, -0.25) is 9.69 Å². The van der Waals surface area contributed by atoms with Crippen LogP contribution in [0.2, 0.25) is 5.22 Å². The van der Waals surface area contributed by atoms with Crippen LogP contribution in [0, 0.1) is 6.92 Å². The third-order valence-electron chi connectivity index (χ3n) is 4.67. The largest absolute Gasteiger partial charge is 0.492 e. The van der Waals surface area contributed by atoms with Gasteiger partial charge in [-0.15, -0.1) is 0 Å². The molecule has 0 unspecified atom stereocenters. The minimum absolute atomic E-state index is 0.154. The van der Waals surface area contributed by atoms with Gasteiger partial charge < -0.3 is 14.2 Å². The lowest BCUT2D eigenvalue weighted by Gasteiger charge is -2.34. The van der Waals surface area contributed by atoms with E-state index in [1.165, 1.54) is 0 Å². The second kappa shape index (κ2) is 9.05. The second-order valence-corrected chi connectivity index (χ2v) is 6.75. The minimum atomic E-state index is 0.154. The maximum Gasteiger partial charge on any atom is 0.229 e. The van der Waals surface area contributed by atoms with Crippen molar-refractivity contribution < 1.29 is 14.1 Å². The van der Waals surface area contributed by atoms with Crippen LogP contribution in [0.5, 0.6) is 5.75 Å². The van der Waals surface area contributed by atoms with Crippen LogP contribution in [-0.4, -0.2) is 60.2 Å². The average molecular weight is 378 g/mol. The molecule has 26 heavy (non-hydrogen) atoms. The molecule has 1 aliphatic heterocycles. The molecule has 1 aliphatic rings. The summed E-state index contributed by atoms with van der Waals surface area (Å²) in [6.45, 7) is 6.61. The number of para-hydroxylation sites is 1. The first kappa shape index (κ1) is 18.7. The quantitative estimate of drug-likeness (QED) is 0.742. The molecule has 1 fully saturated rings. The number of aromatic nitrogens is 1. The highest BCUT2D eigenvalue weighted by Gasteiger charge is 2.22. The van der Waals surface area contributed by atoms with E-state index in [9.17, 15) is 4.79 Å². The van der Waals surface area contributed by atoms with E-state index in [0.29, 0.717) is 24.7 Å². The van der Waals surface area contributed by atoms with Gasteiger partial charge in [0.2, 0.25) is 11.1 Å². The molecule has 0 radical (unpaired) electrons. The summed E-state index contributed by atoms with van der Waals surface area (Å²) in [4.78, 5) is 16.7. The normalized spacial score (nSPS) is 15.2. The van der Waals surface area contributed by atoms with Crippen LogP contribution >= 0.6 is 11.6 Å². The van der Waals surface area contributed by atoms with Crippen LogP contribution < -0.4 is 4.74 Å². The molecule has 0 bridgehead atoms. The van der Waals surface area contributed by atoms with Crippen molar-refractivity contribution in [2.45, 2.75) is 19.8 Å². The highest BCUT2D eigenvalue weighted by atomic mass is 35.5. The van der Waals surface area contributed by atoms with Crippen LogP contribution in [0.1, 0.15) is 17.7 Å². The Morgan fingerprint density at radius 1 is 1.23 bits per heavy atom. The molecule has 3 rings (SSSR count). The molecule has 1 amide bonds. The predicted molar refractivity (Wildman–Crippen MR) is 99.5 cm³/mol. The molecular formula is C19H24ClN3O3. The van der Waals surface area contributed by atoms with Crippen molar-refractivity contribution in [1.29, 1.82) is 0 Å². The van der Waals surface area contributed by atoms with Crippen molar-refractivity contribution in [2.24, 2.45) is 0 Å². The molecule has 2 heterocycles. The summed E-state index contributed by atoms with van der Waals surface area (Å²) in [6.07, 6.45) is 0.997. The number of halogens is 1. The Morgan fingerprint density at radius 2 is 1.96 bits per heavy atom. The minimum Gasteiger partial charge on any atom is -0.492 e. The van der Waals surface area contributed by atoms with Crippen molar-refractivity contribution in [3.63, 3.8) is 0 Å². The van der Waals surface area contributed by atoms with Crippen LogP contribution in [0.4, 0.5) is 0 Å². The highest BCUT2D eigenvalue weighted by molar-refractivity contribution is 6.29. The number of carbonyl (C=O) groups is 1. The molecule has 0 saturated carbocycles. The summed E-state index contributed by atoms with van der Waals surface area (Å²) in [5.41, 5.74) is 1.59. The van der Waals surface area contributed by atoms with Crippen molar-refractivity contribution in [1.82, 2.24) is 15.0 Å². The molecular weight excluding hydrogens is 354 g/mol. The van der Waals surface area contributed by atoms with Crippen molar-refractivity contribution in [3.8, 4) is 5.75 Å². The Bertz CT molecular complexity index is 693. The van der Waals surface area contributed by atoms with Crippen LogP contribution in [0.25, 0.3) is 0 Å². The Balaban J connectivity index is 1.36. The maximum absolute atomic E-state index is 12.4. The number of hydrogen-bond donors (Lipinski definition) is 0. The lowest BCUT2D eigenvalue weighted by molar-refractivity contribution is -0.132. The Morgan fingerprint density at radius 3 is 2.62 bits per heavy atom. The topological polar surface area (TPSA) is 58.8 Å². The number of rotatable bonds is 7. The van der Waals surface area contributed by atoms with E-state index in [2.05, 4.69) is 10.1 Å². The fourth-order valence-electron chi connectivity index (χ4n) is 3.06. The molecule has 2 aromatic rings. The predicted octanol–water partition coefficient (Wildman–Crippen LogP) is 2.79. The smallest absolute Gasteiger partial charge is 0.229 e. The summed E-state index contributed by atoms with van der Waals surface area (Å²) in [7, 11) is 0. The summed E-state index contributed by atoms with van der Waals surface area (Å²) in [5.74, 6) is 1.05. The molecule has 140 valence electrons. The molecule has 6 nitrogen and oxygen atoms in total. The molecule has 0 spiro atoms. The molecule has 0 aliphatic carbocycles. The van der Waals surface area contributed by atoms with Crippen molar-refractivity contribution >= 4 is 17.5 Å². The number of hydrogen-bond acceptors (Lipinski definition) is 5. The molecule has 0 atom stereocenters. The zero-order valence-corrected chi connectivity index (χ0v) is 15.7. The van der Waals surface area contributed by atoms with E-state index in [1.807, 2.05) is 42.2 Å². The average Bonchev–Trinajstić information content (AvgIpc) is 2.99. The van der Waals surface area contributed by atoms with Gasteiger partial charge in [0, 0.05) is 44.7 Å². The van der Waals surface area contributed by atoms with Crippen LogP contribution in [0.3, 0.4) is 0 Å².